The van der Waals surface area contributed by atoms with Gasteiger partial charge in [-0.2, -0.15) is 5.10 Å². The molecule has 4 heteroatoms. The van der Waals surface area contributed by atoms with E-state index in [4.69, 9.17) is 4.74 Å². The monoisotopic (exact) mass is 272 g/mol. The van der Waals surface area contributed by atoms with Crippen molar-refractivity contribution in [1.29, 1.82) is 0 Å². The van der Waals surface area contributed by atoms with E-state index in [9.17, 15) is 5.11 Å². The van der Waals surface area contributed by atoms with Crippen LogP contribution in [0.3, 0.4) is 0 Å². The SMILES string of the molecule is CCCn1ncc(OC)c1C(O)C1Cc2ccccc21. The molecule has 0 fully saturated rings. The van der Waals surface area contributed by atoms with Crippen LogP contribution in [0.2, 0.25) is 0 Å². The van der Waals surface area contributed by atoms with Crippen LogP contribution in [0.25, 0.3) is 0 Å². The Labute approximate surface area is 119 Å². The first-order valence-corrected chi connectivity index (χ1v) is 7.11. The molecule has 20 heavy (non-hydrogen) atoms. The first-order valence-electron chi connectivity index (χ1n) is 7.11. The fourth-order valence-electron chi connectivity index (χ4n) is 2.99. The predicted octanol–water partition coefficient (Wildman–Crippen LogP) is 2.68. The Hall–Kier alpha value is -1.81. The van der Waals surface area contributed by atoms with E-state index in [-0.39, 0.29) is 5.92 Å². The van der Waals surface area contributed by atoms with Crippen LogP contribution >= 0.6 is 0 Å². The summed E-state index contributed by atoms with van der Waals surface area (Å²) in [7, 11) is 1.62. The average molecular weight is 272 g/mol. The van der Waals surface area contributed by atoms with Crippen molar-refractivity contribution in [3.63, 3.8) is 0 Å². The van der Waals surface area contributed by atoms with Gasteiger partial charge in [0.2, 0.25) is 0 Å². The minimum atomic E-state index is -0.561. The number of aromatic nitrogens is 2. The van der Waals surface area contributed by atoms with Gasteiger partial charge in [-0.3, -0.25) is 4.68 Å². The van der Waals surface area contributed by atoms with E-state index in [0.717, 1.165) is 25.1 Å². The molecule has 1 heterocycles. The predicted molar refractivity (Wildman–Crippen MR) is 76.9 cm³/mol. The van der Waals surface area contributed by atoms with Gasteiger partial charge < -0.3 is 9.84 Å². The molecule has 0 spiro atoms. The number of aliphatic hydroxyl groups excluding tert-OH is 1. The van der Waals surface area contributed by atoms with Crippen molar-refractivity contribution >= 4 is 0 Å². The number of methoxy groups -OCH3 is 1. The van der Waals surface area contributed by atoms with Crippen LogP contribution in [0.4, 0.5) is 0 Å². The van der Waals surface area contributed by atoms with Crippen molar-refractivity contribution in [3.05, 3.63) is 47.3 Å². The number of aryl methyl sites for hydroxylation is 1. The molecule has 1 aliphatic rings. The van der Waals surface area contributed by atoms with E-state index in [2.05, 4.69) is 24.2 Å². The number of benzene rings is 1. The summed E-state index contributed by atoms with van der Waals surface area (Å²) in [6.45, 7) is 2.90. The zero-order valence-electron chi connectivity index (χ0n) is 11.9. The average Bonchev–Trinajstić information content (AvgIpc) is 2.83. The van der Waals surface area contributed by atoms with Gasteiger partial charge in [0, 0.05) is 12.5 Å². The Bertz CT molecular complexity index is 606. The Kier molecular flexibility index (Phi) is 3.49. The lowest BCUT2D eigenvalue weighted by atomic mass is 9.73. The van der Waals surface area contributed by atoms with E-state index in [0.29, 0.717) is 5.75 Å². The molecule has 0 amide bonds. The summed E-state index contributed by atoms with van der Waals surface area (Å²) in [6, 6.07) is 8.29. The summed E-state index contributed by atoms with van der Waals surface area (Å²) in [6.07, 6.45) is 3.02. The molecule has 3 rings (SSSR count). The minimum absolute atomic E-state index is 0.146. The summed E-state index contributed by atoms with van der Waals surface area (Å²) >= 11 is 0. The maximum atomic E-state index is 10.8. The van der Waals surface area contributed by atoms with Gasteiger partial charge in [0.1, 0.15) is 11.8 Å². The number of nitrogens with zero attached hydrogens (tertiary/aromatic N) is 2. The van der Waals surface area contributed by atoms with Crippen molar-refractivity contribution < 1.29 is 9.84 Å². The highest BCUT2D eigenvalue weighted by Gasteiger charge is 2.35. The fraction of sp³-hybridized carbons (Fsp3) is 0.438. The van der Waals surface area contributed by atoms with Gasteiger partial charge in [0.05, 0.1) is 13.3 Å². The molecule has 2 aromatic rings. The van der Waals surface area contributed by atoms with E-state index in [1.807, 2.05) is 16.8 Å². The number of ether oxygens (including phenoxy) is 1. The van der Waals surface area contributed by atoms with Crippen LogP contribution in [0.15, 0.2) is 30.5 Å². The van der Waals surface area contributed by atoms with Crippen LogP contribution < -0.4 is 4.74 Å². The molecule has 0 saturated heterocycles. The Morgan fingerprint density at radius 1 is 1.45 bits per heavy atom. The summed E-state index contributed by atoms with van der Waals surface area (Å²) < 4.78 is 7.22. The maximum Gasteiger partial charge on any atom is 0.162 e. The number of hydrogen-bond donors (Lipinski definition) is 1. The number of aliphatic hydroxyl groups is 1. The summed E-state index contributed by atoms with van der Waals surface area (Å²) in [5, 5.41) is 15.1. The van der Waals surface area contributed by atoms with Crippen LogP contribution in [-0.2, 0) is 13.0 Å². The molecule has 0 radical (unpaired) electrons. The molecule has 0 aliphatic heterocycles. The van der Waals surface area contributed by atoms with Gasteiger partial charge in [-0.25, -0.2) is 0 Å². The lowest BCUT2D eigenvalue weighted by Crippen LogP contribution is -2.25. The minimum Gasteiger partial charge on any atom is -0.493 e. The molecule has 2 unspecified atom stereocenters. The smallest absolute Gasteiger partial charge is 0.162 e. The van der Waals surface area contributed by atoms with Crippen LogP contribution in [0.5, 0.6) is 5.75 Å². The van der Waals surface area contributed by atoms with E-state index in [1.165, 1.54) is 11.1 Å². The molecular weight excluding hydrogens is 252 g/mol. The molecule has 1 aliphatic carbocycles. The highest BCUT2D eigenvalue weighted by Crippen LogP contribution is 2.45. The molecule has 1 N–H and O–H groups in total. The lowest BCUT2D eigenvalue weighted by molar-refractivity contribution is 0.121. The van der Waals surface area contributed by atoms with Crippen molar-refractivity contribution in [2.24, 2.45) is 0 Å². The second kappa shape index (κ2) is 5.29. The van der Waals surface area contributed by atoms with Crippen LogP contribution in [-0.4, -0.2) is 22.0 Å². The first-order chi connectivity index (χ1) is 9.76. The molecular formula is C16H20N2O2. The standard InChI is InChI=1S/C16H20N2O2/c1-3-8-18-15(14(20-2)10-17-18)16(19)13-9-11-6-4-5-7-12(11)13/h4-7,10,13,16,19H,3,8-9H2,1-2H3. The Balaban J connectivity index is 1.92. The zero-order valence-corrected chi connectivity index (χ0v) is 11.9. The summed E-state index contributed by atoms with van der Waals surface area (Å²) in [5.74, 6) is 0.822. The Morgan fingerprint density at radius 2 is 2.25 bits per heavy atom. The van der Waals surface area contributed by atoms with Crippen molar-refractivity contribution in [1.82, 2.24) is 9.78 Å². The molecule has 0 bridgehead atoms. The van der Waals surface area contributed by atoms with Crippen molar-refractivity contribution in [2.45, 2.75) is 38.3 Å². The molecule has 106 valence electrons. The second-order valence-electron chi connectivity index (χ2n) is 5.28. The van der Waals surface area contributed by atoms with Crippen LogP contribution in [0.1, 0.15) is 42.2 Å². The first kappa shape index (κ1) is 13.2. The molecule has 0 saturated carbocycles. The van der Waals surface area contributed by atoms with Gasteiger partial charge in [0.25, 0.3) is 0 Å². The fourth-order valence-corrected chi connectivity index (χ4v) is 2.99. The lowest BCUT2D eigenvalue weighted by Gasteiger charge is -2.34. The van der Waals surface area contributed by atoms with E-state index < -0.39 is 6.10 Å². The third-order valence-corrected chi connectivity index (χ3v) is 4.06. The number of rotatable bonds is 5. The second-order valence-corrected chi connectivity index (χ2v) is 5.28. The topological polar surface area (TPSA) is 47.3 Å². The number of fused-ring (bicyclic) bond motifs is 1. The number of hydrogen-bond acceptors (Lipinski definition) is 3. The molecule has 2 atom stereocenters. The molecule has 1 aromatic heterocycles. The van der Waals surface area contributed by atoms with Gasteiger partial charge in [-0.15, -0.1) is 0 Å². The normalized spacial score (nSPS) is 18.2. The quantitative estimate of drug-likeness (QED) is 0.910. The van der Waals surface area contributed by atoms with Gasteiger partial charge >= 0.3 is 0 Å². The third-order valence-electron chi connectivity index (χ3n) is 4.06. The maximum absolute atomic E-state index is 10.8. The highest BCUT2D eigenvalue weighted by atomic mass is 16.5. The van der Waals surface area contributed by atoms with E-state index in [1.54, 1.807) is 13.3 Å². The largest absolute Gasteiger partial charge is 0.493 e. The van der Waals surface area contributed by atoms with Crippen LogP contribution in [0, 0.1) is 0 Å². The summed E-state index contributed by atoms with van der Waals surface area (Å²) in [4.78, 5) is 0. The van der Waals surface area contributed by atoms with Gasteiger partial charge in [0.15, 0.2) is 5.75 Å². The van der Waals surface area contributed by atoms with Gasteiger partial charge in [-0.05, 0) is 24.0 Å². The summed E-state index contributed by atoms with van der Waals surface area (Å²) in [5.41, 5.74) is 3.37. The highest BCUT2D eigenvalue weighted by molar-refractivity contribution is 5.43. The van der Waals surface area contributed by atoms with Gasteiger partial charge in [-0.1, -0.05) is 31.2 Å². The zero-order chi connectivity index (χ0) is 14.1. The Morgan fingerprint density at radius 3 is 2.95 bits per heavy atom. The molecule has 4 nitrogen and oxygen atoms in total. The van der Waals surface area contributed by atoms with Crippen molar-refractivity contribution in [3.8, 4) is 5.75 Å². The molecule has 1 aromatic carbocycles. The third kappa shape index (κ3) is 2.00. The van der Waals surface area contributed by atoms with Crippen molar-refractivity contribution in [2.75, 3.05) is 7.11 Å². The van der Waals surface area contributed by atoms with E-state index >= 15 is 0 Å².